The summed E-state index contributed by atoms with van der Waals surface area (Å²) in [5.74, 6) is 1.63. The maximum absolute atomic E-state index is 13.1. The predicted octanol–water partition coefficient (Wildman–Crippen LogP) is 4.71. The Bertz CT molecular complexity index is 1270. The molecule has 3 heterocycles. The van der Waals surface area contributed by atoms with Crippen LogP contribution in [0.2, 0.25) is 0 Å². The molecule has 0 spiro atoms. The van der Waals surface area contributed by atoms with Crippen molar-refractivity contribution in [2.75, 3.05) is 0 Å². The van der Waals surface area contributed by atoms with Crippen molar-refractivity contribution in [2.24, 2.45) is 0 Å². The van der Waals surface area contributed by atoms with Crippen molar-refractivity contribution in [3.63, 3.8) is 0 Å². The first-order chi connectivity index (χ1) is 15.8. The molecule has 0 fully saturated rings. The second kappa shape index (κ2) is 9.31. The molecule has 8 nitrogen and oxygen atoms in total. The number of tetrazole rings is 1. The minimum atomic E-state index is -0.265. The van der Waals surface area contributed by atoms with Crippen LogP contribution in [0.25, 0.3) is 10.9 Å². The van der Waals surface area contributed by atoms with Crippen LogP contribution in [0.15, 0.2) is 51.9 Å². The van der Waals surface area contributed by atoms with Crippen LogP contribution in [0.3, 0.4) is 0 Å². The molecule has 0 aliphatic carbocycles. The highest BCUT2D eigenvalue weighted by atomic mass is 16.3. The van der Waals surface area contributed by atoms with E-state index < -0.39 is 0 Å². The first-order valence-corrected chi connectivity index (χ1v) is 11.4. The molecular formula is C25H32N6O2. The summed E-state index contributed by atoms with van der Waals surface area (Å²) in [6.45, 7) is 11.4. The fraction of sp³-hybridized carbons (Fsp3) is 0.440. The van der Waals surface area contributed by atoms with Gasteiger partial charge in [0.2, 0.25) is 0 Å². The summed E-state index contributed by atoms with van der Waals surface area (Å²) in [7, 11) is 0. The zero-order valence-electron chi connectivity index (χ0n) is 20.0. The maximum atomic E-state index is 13.1. The van der Waals surface area contributed by atoms with E-state index in [4.69, 9.17) is 4.42 Å². The van der Waals surface area contributed by atoms with Crippen molar-refractivity contribution in [3.05, 3.63) is 75.7 Å². The maximum Gasteiger partial charge on any atom is 0.252 e. The van der Waals surface area contributed by atoms with Gasteiger partial charge in [-0.3, -0.25) is 9.69 Å². The largest absolute Gasteiger partial charge is 0.468 e. The summed E-state index contributed by atoms with van der Waals surface area (Å²) in [5, 5.41) is 13.7. The lowest BCUT2D eigenvalue weighted by Crippen LogP contribution is -2.35. The predicted molar refractivity (Wildman–Crippen MR) is 128 cm³/mol. The third kappa shape index (κ3) is 4.90. The molecule has 0 aliphatic rings. The molecule has 0 saturated carbocycles. The minimum absolute atomic E-state index is 0.0769. The van der Waals surface area contributed by atoms with E-state index in [2.05, 4.69) is 53.1 Å². The number of nitrogens with one attached hydrogen (secondary N) is 1. The van der Waals surface area contributed by atoms with Gasteiger partial charge < -0.3 is 9.40 Å². The molecule has 4 aromatic rings. The molecule has 1 aromatic carbocycles. The van der Waals surface area contributed by atoms with E-state index in [-0.39, 0.29) is 17.1 Å². The average Bonchev–Trinajstić information content (AvgIpc) is 3.45. The monoisotopic (exact) mass is 448 g/mol. The van der Waals surface area contributed by atoms with Crippen LogP contribution < -0.4 is 5.56 Å². The quantitative estimate of drug-likeness (QED) is 0.419. The molecule has 0 saturated heterocycles. The number of hydrogen-bond acceptors (Lipinski definition) is 6. The van der Waals surface area contributed by atoms with E-state index in [1.807, 2.05) is 48.0 Å². The van der Waals surface area contributed by atoms with E-state index in [9.17, 15) is 4.79 Å². The zero-order chi connectivity index (χ0) is 23.6. The second-order valence-corrected chi connectivity index (χ2v) is 9.57. The molecule has 1 N–H and O–H groups in total. The Morgan fingerprint density at radius 3 is 2.70 bits per heavy atom. The number of hydrogen-bond donors (Lipinski definition) is 1. The Hall–Kier alpha value is -3.26. The number of nitrogens with zero attached hydrogens (tertiary/aromatic N) is 5. The highest BCUT2D eigenvalue weighted by Gasteiger charge is 2.30. The molecule has 4 rings (SSSR count). The van der Waals surface area contributed by atoms with Gasteiger partial charge in [0, 0.05) is 12.1 Å². The van der Waals surface area contributed by atoms with Crippen LogP contribution in [0.4, 0.5) is 0 Å². The number of H-pyrrole nitrogens is 1. The molecule has 3 aromatic heterocycles. The van der Waals surface area contributed by atoms with Gasteiger partial charge >= 0.3 is 0 Å². The molecule has 0 aliphatic heterocycles. The first kappa shape index (κ1) is 22.9. The Labute approximate surface area is 193 Å². The Morgan fingerprint density at radius 2 is 2.00 bits per heavy atom. The summed E-state index contributed by atoms with van der Waals surface area (Å²) in [4.78, 5) is 18.4. The number of aromatic amines is 1. The van der Waals surface area contributed by atoms with Gasteiger partial charge in [-0.05, 0) is 73.7 Å². The number of aryl methyl sites for hydroxylation is 1. The lowest BCUT2D eigenvalue weighted by Gasteiger charge is -2.32. The summed E-state index contributed by atoms with van der Waals surface area (Å²) in [6.07, 6.45) is 3.47. The van der Waals surface area contributed by atoms with Crippen molar-refractivity contribution in [1.82, 2.24) is 30.1 Å². The molecular weight excluding hydrogens is 416 g/mol. The van der Waals surface area contributed by atoms with Crippen molar-refractivity contribution in [3.8, 4) is 0 Å². The number of fused-ring (bicyclic) bond motifs is 1. The standard InChI is InChI=1S/C25H32N6O2/c1-6-9-21(23-27-28-29-31(23)25(3,4)5)30(16-20-12-8-13-33-20)15-19-14-18-11-7-10-17(2)22(18)26-24(19)32/h7-8,10-14,21H,6,9,15-16H2,1-5H3,(H,26,32). The van der Waals surface area contributed by atoms with Crippen molar-refractivity contribution in [1.29, 1.82) is 0 Å². The van der Waals surface area contributed by atoms with E-state index in [0.29, 0.717) is 18.7 Å². The summed E-state index contributed by atoms with van der Waals surface area (Å²) >= 11 is 0. The van der Waals surface area contributed by atoms with Crippen LogP contribution in [0.5, 0.6) is 0 Å². The normalized spacial score (nSPS) is 13.2. The van der Waals surface area contributed by atoms with Crippen LogP contribution in [-0.2, 0) is 18.6 Å². The van der Waals surface area contributed by atoms with Crippen molar-refractivity contribution in [2.45, 2.75) is 72.1 Å². The summed E-state index contributed by atoms with van der Waals surface area (Å²) in [6, 6.07) is 11.8. The van der Waals surface area contributed by atoms with Crippen LogP contribution >= 0.6 is 0 Å². The van der Waals surface area contributed by atoms with E-state index in [1.54, 1.807) is 6.26 Å². The number of aromatic nitrogens is 5. The summed E-state index contributed by atoms with van der Waals surface area (Å²) in [5.41, 5.74) is 2.30. The number of rotatable bonds is 8. The molecule has 0 bridgehead atoms. The van der Waals surface area contributed by atoms with Gasteiger partial charge in [-0.15, -0.1) is 5.10 Å². The highest BCUT2D eigenvalue weighted by Crippen LogP contribution is 2.30. The molecule has 33 heavy (non-hydrogen) atoms. The van der Waals surface area contributed by atoms with Crippen molar-refractivity contribution < 1.29 is 4.42 Å². The van der Waals surface area contributed by atoms with Gasteiger partial charge in [0.05, 0.1) is 29.9 Å². The summed E-state index contributed by atoms with van der Waals surface area (Å²) < 4.78 is 7.56. The highest BCUT2D eigenvalue weighted by molar-refractivity contribution is 5.81. The van der Waals surface area contributed by atoms with Crippen LogP contribution in [0.1, 0.15) is 69.3 Å². The third-order valence-corrected chi connectivity index (χ3v) is 5.91. The average molecular weight is 449 g/mol. The Kier molecular flexibility index (Phi) is 6.47. The molecule has 0 radical (unpaired) electrons. The second-order valence-electron chi connectivity index (χ2n) is 9.57. The van der Waals surface area contributed by atoms with Gasteiger partial charge in [-0.2, -0.15) is 0 Å². The smallest absolute Gasteiger partial charge is 0.252 e. The lowest BCUT2D eigenvalue weighted by molar-refractivity contribution is 0.138. The van der Waals surface area contributed by atoms with Gasteiger partial charge in [-0.25, -0.2) is 4.68 Å². The van der Waals surface area contributed by atoms with Crippen LogP contribution in [0, 0.1) is 6.92 Å². The number of para-hydroxylation sites is 1. The van der Waals surface area contributed by atoms with Gasteiger partial charge in [0.1, 0.15) is 5.76 Å². The van der Waals surface area contributed by atoms with Crippen LogP contribution in [-0.4, -0.2) is 30.1 Å². The molecule has 8 heteroatoms. The first-order valence-electron chi connectivity index (χ1n) is 11.4. The molecule has 0 amide bonds. The number of furan rings is 1. The van der Waals surface area contributed by atoms with Gasteiger partial charge in [0.15, 0.2) is 5.82 Å². The van der Waals surface area contributed by atoms with E-state index in [1.165, 1.54) is 0 Å². The number of pyridine rings is 1. The topological polar surface area (TPSA) is 92.8 Å². The van der Waals surface area contributed by atoms with Gasteiger partial charge in [0.25, 0.3) is 5.56 Å². The molecule has 1 unspecified atom stereocenters. The lowest BCUT2D eigenvalue weighted by atomic mass is 10.0. The minimum Gasteiger partial charge on any atom is -0.468 e. The molecule has 174 valence electrons. The van der Waals surface area contributed by atoms with Gasteiger partial charge in [-0.1, -0.05) is 31.5 Å². The molecule has 1 atom stereocenters. The zero-order valence-corrected chi connectivity index (χ0v) is 20.0. The Balaban J connectivity index is 1.78. The number of benzene rings is 1. The third-order valence-electron chi connectivity index (χ3n) is 5.91. The fourth-order valence-electron chi connectivity index (χ4n) is 4.27. The SMILES string of the molecule is CCCC(c1nnnn1C(C)(C)C)N(Cc1ccco1)Cc1cc2cccc(C)c2[nH]c1=O. The Morgan fingerprint density at radius 1 is 1.18 bits per heavy atom. The van der Waals surface area contributed by atoms with Crippen molar-refractivity contribution >= 4 is 10.9 Å². The fourth-order valence-corrected chi connectivity index (χ4v) is 4.27. The van der Waals surface area contributed by atoms with E-state index in [0.717, 1.165) is 40.9 Å². The van der Waals surface area contributed by atoms with E-state index >= 15 is 0 Å².